The van der Waals surface area contributed by atoms with Crippen LogP contribution in [0.4, 0.5) is 0 Å². The highest BCUT2D eigenvalue weighted by Gasteiger charge is 2.61. The maximum atomic E-state index is 13.5. The van der Waals surface area contributed by atoms with Gasteiger partial charge in [-0.3, -0.25) is 4.79 Å². The Hall–Kier alpha value is -4.07. The molecule has 0 radical (unpaired) electrons. The molecule has 0 fully saturated rings. The number of fused-ring (bicyclic) bond motifs is 2. The van der Waals surface area contributed by atoms with Gasteiger partial charge >= 0.3 is 11.9 Å². The molecule has 32 heavy (non-hydrogen) atoms. The van der Waals surface area contributed by atoms with Crippen LogP contribution in [-0.4, -0.2) is 24.5 Å². The van der Waals surface area contributed by atoms with Gasteiger partial charge in [0, 0.05) is 11.3 Å². The Morgan fingerprint density at radius 3 is 2.38 bits per heavy atom. The lowest BCUT2D eigenvalue weighted by Crippen LogP contribution is -2.49. The van der Waals surface area contributed by atoms with E-state index in [9.17, 15) is 14.4 Å². The van der Waals surface area contributed by atoms with Crippen LogP contribution >= 0.6 is 0 Å². The van der Waals surface area contributed by atoms with Gasteiger partial charge in [-0.25, -0.2) is 9.59 Å². The zero-order valence-electron chi connectivity index (χ0n) is 17.6. The molecule has 3 N–H and O–H groups in total. The minimum absolute atomic E-state index is 0.00714. The minimum Gasteiger partial charge on any atom is -0.462 e. The molecule has 2 aromatic carbocycles. The molecule has 4 rings (SSSR count). The van der Waals surface area contributed by atoms with E-state index in [2.05, 4.69) is 5.32 Å². The second-order valence-corrected chi connectivity index (χ2v) is 7.32. The summed E-state index contributed by atoms with van der Waals surface area (Å²) in [6, 6.07) is 15.7. The molecular weight excluding hydrogens is 412 g/mol. The van der Waals surface area contributed by atoms with Crippen molar-refractivity contribution in [2.24, 2.45) is 5.73 Å². The van der Waals surface area contributed by atoms with Gasteiger partial charge < -0.3 is 25.3 Å². The van der Waals surface area contributed by atoms with E-state index in [1.807, 2.05) is 30.3 Å². The lowest BCUT2D eigenvalue weighted by atomic mass is 9.67. The zero-order chi connectivity index (χ0) is 22.9. The molecule has 1 amide bonds. The standard InChI is InChI=1S/C24H22N2O6/c1-3-30-22(28)19-20(25)32-17-12-8-7-11-16(17)24(19)18(14(2)26-23(24)29)21(27)31-13-15-9-5-4-6-10-15/h4-12H,3,13,25H2,1-2H3,(H,26,29)/t24-/m1/s1. The Balaban J connectivity index is 1.86. The molecule has 0 aliphatic carbocycles. The zero-order valence-corrected chi connectivity index (χ0v) is 17.6. The summed E-state index contributed by atoms with van der Waals surface area (Å²) in [5.41, 5.74) is 5.32. The number of rotatable bonds is 5. The molecule has 2 aliphatic rings. The number of hydrogen-bond donors (Lipinski definition) is 2. The lowest BCUT2D eigenvalue weighted by Gasteiger charge is -2.35. The second-order valence-electron chi connectivity index (χ2n) is 7.32. The van der Waals surface area contributed by atoms with Crippen molar-refractivity contribution in [2.45, 2.75) is 25.9 Å². The van der Waals surface area contributed by atoms with E-state index in [1.54, 1.807) is 38.1 Å². The highest BCUT2D eigenvalue weighted by Crippen LogP contribution is 2.51. The van der Waals surface area contributed by atoms with Crippen LogP contribution in [0.15, 0.2) is 77.3 Å². The van der Waals surface area contributed by atoms with Crippen LogP contribution in [0.2, 0.25) is 0 Å². The molecule has 1 atom stereocenters. The maximum absolute atomic E-state index is 13.5. The molecule has 0 unspecified atom stereocenters. The Morgan fingerprint density at radius 1 is 1.00 bits per heavy atom. The smallest absolute Gasteiger partial charge is 0.341 e. The summed E-state index contributed by atoms with van der Waals surface area (Å²) >= 11 is 0. The molecule has 1 spiro atoms. The van der Waals surface area contributed by atoms with Crippen molar-refractivity contribution in [1.82, 2.24) is 5.32 Å². The van der Waals surface area contributed by atoms with Crippen LogP contribution in [-0.2, 0) is 35.9 Å². The first-order valence-corrected chi connectivity index (χ1v) is 10.1. The monoisotopic (exact) mass is 434 g/mol. The van der Waals surface area contributed by atoms with Crippen LogP contribution in [0, 0.1) is 0 Å². The Kier molecular flexibility index (Phi) is 5.44. The fourth-order valence-electron chi connectivity index (χ4n) is 4.13. The van der Waals surface area contributed by atoms with E-state index in [1.165, 1.54) is 0 Å². The minimum atomic E-state index is -1.86. The van der Waals surface area contributed by atoms with E-state index < -0.39 is 23.3 Å². The summed E-state index contributed by atoms with van der Waals surface area (Å²) in [6.45, 7) is 3.24. The maximum Gasteiger partial charge on any atom is 0.341 e. The fraction of sp³-hybridized carbons (Fsp3) is 0.208. The van der Waals surface area contributed by atoms with Crippen LogP contribution in [0.5, 0.6) is 5.75 Å². The van der Waals surface area contributed by atoms with Crippen molar-refractivity contribution in [3.05, 3.63) is 88.5 Å². The third kappa shape index (κ3) is 3.20. The number of carbonyl (C=O) groups is 3. The van der Waals surface area contributed by atoms with Gasteiger partial charge in [0.2, 0.25) is 11.8 Å². The average molecular weight is 434 g/mol. The second kappa shape index (κ2) is 8.22. The van der Waals surface area contributed by atoms with Gasteiger partial charge in [-0.2, -0.15) is 0 Å². The Labute approximate surface area is 184 Å². The van der Waals surface area contributed by atoms with Crippen molar-refractivity contribution in [3.8, 4) is 5.75 Å². The third-order valence-corrected chi connectivity index (χ3v) is 5.42. The van der Waals surface area contributed by atoms with E-state index in [0.29, 0.717) is 5.56 Å². The summed E-state index contributed by atoms with van der Waals surface area (Å²) in [7, 11) is 0. The summed E-state index contributed by atoms with van der Waals surface area (Å²) in [4.78, 5) is 39.8. The van der Waals surface area contributed by atoms with Gasteiger partial charge in [0.05, 0.1) is 12.2 Å². The molecule has 0 aromatic heterocycles. The number of carbonyl (C=O) groups excluding carboxylic acids is 3. The molecule has 2 aliphatic heterocycles. The number of hydrogen-bond acceptors (Lipinski definition) is 7. The summed E-state index contributed by atoms with van der Waals surface area (Å²) in [6.07, 6.45) is 0. The number of amides is 1. The number of nitrogens with two attached hydrogens (primary N) is 1. The van der Waals surface area contributed by atoms with Crippen LogP contribution in [0.1, 0.15) is 25.0 Å². The number of benzene rings is 2. The third-order valence-electron chi connectivity index (χ3n) is 5.42. The first kappa shape index (κ1) is 21.2. The van der Waals surface area contributed by atoms with Crippen molar-refractivity contribution >= 4 is 17.8 Å². The van der Waals surface area contributed by atoms with E-state index in [0.717, 1.165) is 5.56 Å². The van der Waals surface area contributed by atoms with E-state index in [-0.39, 0.29) is 41.7 Å². The first-order valence-electron chi connectivity index (χ1n) is 10.1. The van der Waals surface area contributed by atoms with Crippen molar-refractivity contribution < 1.29 is 28.6 Å². The molecule has 8 heteroatoms. The van der Waals surface area contributed by atoms with Gasteiger partial charge in [-0.1, -0.05) is 48.5 Å². The molecular formula is C24H22N2O6. The van der Waals surface area contributed by atoms with Gasteiger partial charge in [-0.05, 0) is 25.5 Å². The number of allylic oxidation sites excluding steroid dienone is 1. The Morgan fingerprint density at radius 2 is 1.66 bits per heavy atom. The number of para-hydroxylation sites is 1. The normalized spacial score (nSPS) is 19.4. The van der Waals surface area contributed by atoms with Crippen molar-refractivity contribution in [1.29, 1.82) is 0 Å². The largest absolute Gasteiger partial charge is 0.462 e. The van der Waals surface area contributed by atoms with Crippen LogP contribution in [0.25, 0.3) is 0 Å². The quantitative estimate of drug-likeness (QED) is 0.693. The predicted molar refractivity (Wildman–Crippen MR) is 114 cm³/mol. The molecule has 0 bridgehead atoms. The number of nitrogens with one attached hydrogen (secondary N) is 1. The van der Waals surface area contributed by atoms with Gasteiger partial charge in [-0.15, -0.1) is 0 Å². The summed E-state index contributed by atoms with van der Waals surface area (Å²) < 4.78 is 16.4. The molecule has 2 aromatic rings. The van der Waals surface area contributed by atoms with Gasteiger partial charge in [0.1, 0.15) is 23.3 Å². The molecule has 2 heterocycles. The molecule has 164 valence electrons. The molecule has 8 nitrogen and oxygen atoms in total. The lowest BCUT2D eigenvalue weighted by molar-refractivity contribution is -0.143. The average Bonchev–Trinajstić information content (AvgIpc) is 3.03. The fourth-order valence-corrected chi connectivity index (χ4v) is 4.13. The summed E-state index contributed by atoms with van der Waals surface area (Å²) in [5.74, 6) is -2.26. The van der Waals surface area contributed by atoms with E-state index in [4.69, 9.17) is 19.9 Å². The number of esters is 2. The van der Waals surface area contributed by atoms with Crippen LogP contribution < -0.4 is 15.8 Å². The highest BCUT2D eigenvalue weighted by atomic mass is 16.5. The Bertz CT molecular complexity index is 1170. The van der Waals surface area contributed by atoms with E-state index >= 15 is 0 Å². The molecule has 0 saturated carbocycles. The topological polar surface area (TPSA) is 117 Å². The van der Waals surface area contributed by atoms with Crippen molar-refractivity contribution in [3.63, 3.8) is 0 Å². The molecule has 0 saturated heterocycles. The van der Waals surface area contributed by atoms with Crippen molar-refractivity contribution in [2.75, 3.05) is 6.61 Å². The summed E-state index contributed by atoms with van der Waals surface area (Å²) in [5, 5.41) is 2.68. The number of ether oxygens (including phenoxy) is 3. The SMILES string of the molecule is CCOC(=O)C1=C(N)Oc2ccccc2[C@]12C(=O)NC(C)=C2C(=O)OCc1ccccc1. The van der Waals surface area contributed by atoms with Gasteiger partial charge in [0.15, 0.2) is 0 Å². The van der Waals surface area contributed by atoms with Gasteiger partial charge in [0.25, 0.3) is 0 Å². The highest BCUT2D eigenvalue weighted by molar-refractivity contribution is 6.17. The van der Waals surface area contributed by atoms with Crippen LogP contribution in [0.3, 0.4) is 0 Å². The predicted octanol–water partition coefficient (Wildman–Crippen LogP) is 2.20. The first-order chi connectivity index (χ1) is 15.4.